The number of benzene rings is 2. The molecule has 3 nitrogen and oxygen atoms in total. The van der Waals surface area contributed by atoms with E-state index in [2.05, 4.69) is 5.32 Å². The van der Waals surface area contributed by atoms with Crippen molar-refractivity contribution in [2.75, 3.05) is 0 Å². The fraction of sp³-hybridized carbons (Fsp3) is 0.125. The molecule has 0 bridgehead atoms. The molecule has 1 amide bonds. The third-order valence-electron chi connectivity index (χ3n) is 3.00. The van der Waals surface area contributed by atoms with E-state index in [0.717, 1.165) is 21.9 Å². The molecule has 1 N–H and O–H groups in total. The summed E-state index contributed by atoms with van der Waals surface area (Å²) in [5.41, 5.74) is 2.88. The molecule has 0 aromatic heterocycles. The van der Waals surface area contributed by atoms with Crippen molar-refractivity contribution in [3.8, 4) is 0 Å². The van der Waals surface area contributed by atoms with Gasteiger partial charge in [0.25, 0.3) is 0 Å². The first kappa shape index (κ1) is 12.9. The van der Waals surface area contributed by atoms with Crippen molar-refractivity contribution < 1.29 is 4.79 Å². The average Bonchev–Trinajstić information content (AvgIpc) is 2.47. The summed E-state index contributed by atoms with van der Waals surface area (Å²) in [6.45, 7) is 1.53. The van der Waals surface area contributed by atoms with Gasteiger partial charge in [0.2, 0.25) is 5.91 Å². The van der Waals surface area contributed by atoms with Crippen LogP contribution in [-0.4, -0.2) is 17.0 Å². The van der Waals surface area contributed by atoms with Crippen LogP contribution in [0.2, 0.25) is 0 Å². The van der Waals surface area contributed by atoms with Crippen molar-refractivity contribution in [3.63, 3.8) is 0 Å². The van der Waals surface area contributed by atoms with E-state index in [9.17, 15) is 4.79 Å². The molecule has 0 saturated carbocycles. The van der Waals surface area contributed by atoms with Crippen molar-refractivity contribution in [2.24, 2.45) is 4.99 Å². The summed E-state index contributed by atoms with van der Waals surface area (Å²) >= 11 is 1.63. The molecule has 2 aromatic rings. The Morgan fingerprint density at radius 3 is 2.55 bits per heavy atom. The Labute approximate surface area is 122 Å². The molecule has 1 aliphatic heterocycles. The smallest absolute Gasteiger partial charge is 0.218 e. The van der Waals surface area contributed by atoms with Crippen molar-refractivity contribution in [1.82, 2.24) is 5.32 Å². The normalized spacial score (nSPS) is 17.1. The highest BCUT2D eigenvalue weighted by molar-refractivity contribution is 8.00. The topological polar surface area (TPSA) is 41.5 Å². The van der Waals surface area contributed by atoms with Crippen LogP contribution < -0.4 is 5.32 Å². The minimum Gasteiger partial charge on any atom is -0.339 e. The Balaban J connectivity index is 2.06. The zero-order valence-electron chi connectivity index (χ0n) is 11.0. The Morgan fingerprint density at radius 2 is 1.80 bits per heavy atom. The molecular weight excluding hydrogens is 268 g/mol. The molecule has 1 atom stereocenters. The SMILES string of the molecule is CC(=O)N[C@@H]1Sc2ccccc2N=C1c1ccccc1. The van der Waals surface area contributed by atoms with Gasteiger partial charge in [-0.1, -0.05) is 54.2 Å². The maximum absolute atomic E-state index is 11.4. The number of para-hydroxylation sites is 1. The largest absolute Gasteiger partial charge is 0.339 e. The van der Waals surface area contributed by atoms with Crippen LogP contribution in [0.25, 0.3) is 0 Å². The Kier molecular flexibility index (Phi) is 3.56. The summed E-state index contributed by atoms with van der Waals surface area (Å²) in [7, 11) is 0. The Hall–Kier alpha value is -2.07. The number of fused-ring (bicyclic) bond motifs is 1. The summed E-state index contributed by atoms with van der Waals surface area (Å²) in [4.78, 5) is 17.2. The average molecular weight is 282 g/mol. The van der Waals surface area contributed by atoms with E-state index in [1.807, 2.05) is 54.6 Å². The summed E-state index contributed by atoms with van der Waals surface area (Å²) in [5, 5.41) is 2.82. The standard InChI is InChI=1S/C16H14N2OS/c1-11(19)17-16-15(12-7-3-2-4-8-12)18-13-9-5-6-10-14(13)20-16/h2-10,16H,1H3,(H,17,19)/t16-/m1/s1. The van der Waals surface area contributed by atoms with E-state index in [1.165, 1.54) is 6.92 Å². The monoisotopic (exact) mass is 282 g/mol. The lowest BCUT2D eigenvalue weighted by Gasteiger charge is -2.25. The van der Waals surface area contributed by atoms with Gasteiger partial charge in [0.05, 0.1) is 11.4 Å². The third-order valence-corrected chi connectivity index (χ3v) is 4.18. The Morgan fingerprint density at radius 1 is 1.10 bits per heavy atom. The molecule has 2 aromatic carbocycles. The van der Waals surface area contributed by atoms with E-state index in [0.29, 0.717) is 0 Å². The molecule has 0 aliphatic carbocycles. The number of amides is 1. The molecule has 1 heterocycles. The van der Waals surface area contributed by atoms with Gasteiger partial charge in [-0.2, -0.15) is 0 Å². The zero-order valence-corrected chi connectivity index (χ0v) is 11.9. The quantitative estimate of drug-likeness (QED) is 0.917. The summed E-state index contributed by atoms with van der Waals surface area (Å²) in [5.74, 6) is -0.0505. The number of thioether (sulfide) groups is 1. The van der Waals surface area contributed by atoms with Crippen molar-refractivity contribution >= 4 is 29.1 Å². The second kappa shape index (κ2) is 5.51. The summed E-state index contributed by atoms with van der Waals surface area (Å²) < 4.78 is 0. The Bertz CT molecular complexity index is 667. The number of hydrogen-bond acceptors (Lipinski definition) is 3. The zero-order chi connectivity index (χ0) is 13.9. The molecule has 0 saturated heterocycles. The molecule has 1 aliphatic rings. The van der Waals surface area contributed by atoms with Crippen LogP contribution in [0, 0.1) is 0 Å². The van der Waals surface area contributed by atoms with E-state index in [-0.39, 0.29) is 11.3 Å². The second-order valence-corrected chi connectivity index (χ2v) is 5.68. The lowest BCUT2D eigenvalue weighted by Crippen LogP contribution is -2.38. The van der Waals surface area contributed by atoms with Gasteiger partial charge in [-0.25, -0.2) is 4.99 Å². The van der Waals surface area contributed by atoms with Crippen LogP contribution in [0.15, 0.2) is 64.5 Å². The highest BCUT2D eigenvalue weighted by atomic mass is 32.2. The first-order valence-electron chi connectivity index (χ1n) is 6.41. The number of carbonyl (C=O) groups excluding carboxylic acids is 1. The first-order chi connectivity index (χ1) is 9.74. The van der Waals surface area contributed by atoms with Crippen LogP contribution in [0.4, 0.5) is 5.69 Å². The number of nitrogens with zero attached hydrogens (tertiary/aromatic N) is 1. The lowest BCUT2D eigenvalue weighted by atomic mass is 10.1. The van der Waals surface area contributed by atoms with E-state index < -0.39 is 0 Å². The highest BCUT2D eigenvalue weighted by Gasteiger charge is 2.25. The van der Waals surface area contributed by atoms with E-state index in [4.69, 9.17) is 4.99 Å². The number of hydrogen-bond donors (Lipinski definition) is 1. The van der Waals surface area contributed by atoms with Crippen LogP contribution >= 0.6 is 11.8 Å². The number of aliphatic imine (C=N–C) groups is 1. The summed E-state index contributed by atoms with van der Waals surface area (Å²) in [6.07, 6.45) is 0. The van der Waals surface area contributed by atoms with Gasteiger partial charge >= 0.3 is 0 Å². The van der Waals surface area contributed by atoms with Crippen LogP contribution in [0.3, 0.4) is 0 Å². The lowest BCUT2D eigenvalue weighted by molar-refractivity contribution is -0.118. The van der Waals surface area contributed by atoms with Gasteiger partial charge in [-0.3, -0.25) is 4.79 Å². The molecule has 4 heteroatoms. The molecule has 20 heavy (non-hydrogen) atoms. The van der Waals surface area contributed by atoms with E-state index >= 15 is 0 Å². The van der Waals surface area contributed by atoms with Gasteiger partial charge in [-0.15, -0.1) is 0 Å². The predicted octanol–water partition coefficient (Wildman–Crippen LogP) is 3.38. The molecule has 0 radical (unpaired) electrons. The highest BCUT2D eigenvalue weighted by Crippen LogP contribution is 2.38. The van der Waals surface area contributed by atoms with Gasteiger partial charge in [0.1, 0.15) is 5.37 Å². The predicted molar refractivity (Wildman–Crippen MR) is 82.5 cm³/mol. The minimum absolute atomic E-state index is 0.0505. The van der Waals surface area contributed by atoms with E-state index in [1.54, 1.807) is 11.8 Å². The van der Waals surface area contributed by atoms with Crippen LogP contribution in [0.5, 0.6) is 0 Å². The second-order valence-electron chi connectivity index (χ2n) is 4.53. The van der Waals surface area contributed by atoms with Crippen molar-refractivity contribution in [1.29, 1.82) is 0 Å². The minimum atomic E-state index is -0.148. The maximum Gasteiger partial charge on any atom is 0.218 e. The van der Waals surface area contributed by atoms with Crippen molar-refractivity contribution in [3.05, 3.63) is 60.2 Å². The van der Waals surface area contributed by atoms with Crippen LogP contribution in [-0.2, 0) is 4.79 Å². The number of carbonyl (C=O) groups is 1. The van der Waals surface area contributed by atoms with Crippen LogP contribution in [0.1, 0.15) is 12.5 Å². The number of rotatable bonds is 2. The summed E-state index contributed by atoms with van der Waals surface area (Å²) in [6, 6.07) is 18.0. The fourth-order valence-electron chi connectivity index (χ4n) is 2.13. The maximum atomic E-state index is 11.4. The van der Waals surface area contributed by atoms with Gasteiger partial charge < -0.3 is 5.32 Å². The third kappa shape index (κ3) is 2.60. The molecular formula is C16H14N2OS. The molecule has 100 valence electrons. The molecule has 0 fully saturated rings. The molecule has 0 unspecified atom stereocenters. The fourth-order valence-corrected chi connectivity index (χ4v) is 3.30. The van der Waals surface area contributed by atoms with Gasteiger partial charge in [0, 0.05) is 11.8 Å². The van der Waals surface area contributed by atoms with Gasteiger partial charge in [-0.05, 0) is 17.7 Å². The molecule has 0 spiro atoms. The molecule has 3 rings (SSSR count). The number of nitrogens with one attached hydrogen (secondary N) is 1. The van der Waals surface area contributed by atoms with Gasteiger partial charge in [0.15, 0.2) is 0 Å². The first-order valence-corrected chi connectivity index (χ1v) is 7.29. The van der Waals surface area contributed by atoms with Crippen molar-refractivity contribution in [2.45, 2.75) is 17.2 Å².